The van der Waals surface area contributed by atoms with Gasteiger partial charge in [-0.2, -0.15) is 13.2 Å². The summed E-state index contributed by atoms with van der Waals surface area (Å²) in [6, 6.07) is 0.880. The van der Waals surface area contributed by atoms with Gasteiger partial charge in [0.25, 0.3) is 5.91 Å². The Morgan fingerprint density at radius 2 is 2.06 bits per heavy atom. The second kappa shape index (κ2) is 4.61. The Kier molecular flexibility index (Phi) is 3.72. The van der Waals surface area contributed by atoms with Crippen molar-refractivity contribution in [3.05, 3.63) is 18.0 Å². The highest BCUT2D eigenvalue weighted by Crippen LogP contribution is 2.17. The molecular formula is C8H10F3N3O3S. The van der Waals surface area contributed by atoms with Crippen LogP contribution in [0.2, 0.25) is 0 Å². The summed E-state index contributed by atoms with van der Waals surface area (Å²) in [5.74, 6) is -0.984. The first-order chi connectivity index (χ1) is 8.00. The minimum absolute atomic E-state index is 0.286. The summed E-state index contributed by atoms with van der Waals surface area (Å²) >= 11 is 0. The van der Waals surface area contributed by atoms with E-state index < -0.39 is 28.7 Å². The molecular weight excluding hydrogens is 275 g/mol. The summed E-state index contributed by atoms with van der Waals surface area (Å²) in [7, 11) is -3.05. The lowest BCUT2D eigenvalue weighted by Crippen LogP contribution is -2.35. The quantitative estimate of drug-likeness (QED) is 0.835. The number of nitrogens with one attached hydrogen (secondary N) is 1. The maximum Gasteiger partial charge on any atom is 0.406 e. The minimum atomic E-state index is -4.53. The number of aromatic nitrogens is 1. The van der Waals surface area contributed by atoms with Crippen LogP contribution in [0.4, 0.5) is 13.2 Å². The van der Waals surface area contributed by atoms with Gasteiger partial charge in [-0.25, -0.2) is 13.6 Å². The number of carbonyl (C=O) groups excluding carboxylic acids is 1. The lowest BCUT2D eigenvalue weighted by atomic mass is 10.3. The number of halogens is 3. The Balaban J connectivity index is 2.89. The average molecular weight is 285 g/mol. The van der Waals surface area contributed by atoms with Gasteiger partial charge in [-0.1, -0.05) is 0 Å². The van der Waals surface area contributed by atoms with E-state index in [1.165, 1.54) is 0 Å². The van der Waals surface area contributed by atoms with Crippen LogP contribution >= 0.6 is 0 Å². The monoisotopic (exact) mass is 285 g/mol. The molecule has 0 aliphatic rings. The van der Waals surface area contributed by atoms with Gasteiger partial charge in [0.2, 0.25) is 10.0 Å². The first kappa shape index (κ1) is 14.5. The van der Waals surface area contributed by atoms with E-state index >= 15 is 0 Å². The summed E-state index contributed by atoms with van der Waals surface area (Å²) in [6.45, 7) is -1.43. The fourth-order valence-electron chi connectivity index (χ4n) is 1.21. The zero-order valence-electron chi connectivity index (χ0n) is 9.15. The molecule has 0 aliphatic carbocycles. The van der Waals surface area contributed by atoms with Crippen LogP contribution in [-0.4, -0.2) is 44.0 Å². The Labute approximate surface area is 101 Å². The van der Waals surface area contributed by atoms with Crippen LogP contribution in [0.5, 0.6) is 0 Å². The summed E-state index contributed by atoms with van der Waals surface area (Å²) in [5.41, 5.74) is -0.286. The van der Waals surface area contributed by atoms with Crippen molar-refractivity contribution in [2.45, 2.75) is 11.1 Å². The van der Waals surface area contributed by atoms with E-state index in [4.69, 9.17) is 5.14 Å². The van der Waals surface area contributed by atoms with Crippen LogP contribution in [0.25, 0.3) is 0 Å². The molecule has 6 nitrogen and oxygen atoms in total. The maximum absolute atomic E-state index is 12.1. The van der Waals surface area contributed by atoms with Crippen molar-refractivity contribution >= 4 is 15.9 Å². The smallest absolute Gasteiger partial charge is 0.356 e. The average Bonchev–Trinajstić information content (AvgIpc) is 2.61. The molecule has 1 amide bonds. The highest BCUT2D eigenvalue weighted by Gasteiger charge is 2.32. The van der Waals surface area contributed by atoms with E-state index in [-0.39, 0.29) is 10.6 Å². The van der Waals surface area contributed by atoms with Crippen molar-refractivity contribution in [3.8, 4) is 0 Å². The van der Waals surface area contributed by atoms with Gasteiger partial charge >= 0.3 is 6.18 Å². The molecule has 0 saturated heterocycles. The molecule has 0 saturated carbocycles. The van der Waals surface area contributed by atoms with Crippen LogP contribution in [0.15, 0.2) is 17.2 Å². The van der Waals surface area contributed by atoms with Gasteiger partial charge in [0, 0.05) is 13.2 Å². The molecule has 1 heterocycles. The van der Waals surface area contributed by atoms with E-state index in [0.717, 1.165) is 19.3 Å². The van der Waals surface area contributed by atoms with E-state index in [1.54, 1.807) is 0 Å². The molecule has 0 unspecified atom stereocenters. The van der Waals surface area contributed by atoms with Crippen molar-refractivity contribution in [3.63, 3.8) is 0 Å². The molecule has 18 heavy (non-hydrogen) atoms. The van der Waals surface area contributed by atoms with E-state index in [0.29, 0.717) is 4.90 Å². The number of carbonyl (C=O) groups is 1. The van der Waals surface area contributed by atoms with Crippen LogP contribution in [0, 0.1) is 0 Å². The van der Waals surface area contributed by atoms with Gasteiger partial charge < -0.3 is 9.88 Å². The minimum Gasteiger partial charge on any atom is -0.356 e. The van der Waals surface area contributed by atoms with Crippen molar-refractivity contribution in [1.29, 1.82) is 0 Å². The molecule has 0 atom stereocenters. The van der Waals surface area contributed by atoms with Crippen LogP contribution in [-0.2, 0) is 10.0 Å². The predicted molar refractivity (Wildman–Crippen MR) is 55.2 cm³/mol. The maximum atomic E-state index is 12.1. The lowest BCUT2D eigenvalue weighted by Gasteiger charge is -2.17. The van der Waals surface area contributed by atoms with Crippen molar-refractivity contribution in [1.82, 2.24) is 9.88 Å². The second-order valence-electron chi connectivity index (χ2n) is 3.57. The first-order valence-corrected chi connectivity index (χ1v) is 6.09. The molecule has 102 valence electrons. The zero-order chi connectivity index (χ0) is 14.1. The third-order valence-corrected chi connectivity index (χ3v) is 2.87. The summed E-state index contributed by atoms with van der Waals surface area (Å²) in [4.78, 5) is 13.8. The van der Waals surface area contributed by atoms with Gasteiger partial charge in [-0.3, -0.25) is 4.79 Å². The lowest BCUT2D eigenvalue weighted by molar-refractivity contribution is -0.138. The molecule has 0 aliphatic heterocycles. The Morgan fingerprint density at radius 1 is 1.50 bits per heavy atom. The first-order valence-electron chi connectivity index (χ1n) is 4.54. The van der Waals surface area contributed by atoms with Gasteiger partial charge in [0.15, 0.2) is 0 Å². The number of sulfonamides is 1. The van der Waals surface area contributed by atoms with Gasteiger partial charge in [-0.05, 0) is 6.07 Å². The van der Waals surface area contributed by atoms with Gasteiger partial charge in [0.05, 0.1) is 4.90 Å². The van der Waals surface area contributed by atoms with E-state index in [2.05, 4.69) is 4.98 Å². The topological polar surface area (TPSA) is 96.3 Å². The number of nitrogens with zero attached hydrogens (tertiary/aromatic N) is 1. The molecule has 0 fully saturated rings. The van der Waals surface area contributed by atoms with Crippen molar-refractivity contribution in [2.24, 2.45) is 5.14 Å². The number of H-pyrrole nitrogens is 1. The third-order valence-electron chi connectivity index (χ3n) is 1.98. The predicted octanol–water partition coefficient (Wildman–Crippen LogP) is 0.296. The fraction of sp³-hybridized carbons (Fsp3) is 0.375. The summed E-state index contributed by atoms with van der Waals surface area (Å²) in [6.07, 6.45) is -3.59. The number of rotatable bonds is 3. The normalized spacial score (nSPS) is 12.5. The zero-order valence-corrected chi connectivity index (χ0v) is 9.97. The standard InChI is InChI=1S/C8H10F3N3O3S/c1-14(4-8(9,10)11)7(15)6-2-5(3-13-6)18(12,16)17/h2-3,13H,4H2,1H3,(H2,12,16,17). The molecule has 1 rings (SSSR count). The van der Waals surface area contributed by atoms with Crippen molar-refractivity contribution < 1.29 is 26.4 Å². The Morgan fingerprint density at radius 3 is 2.44 bits per heavy atom. The summed E-state index contributed by atoms with van der Waals surface area (Å²) in [5, 5.41) is 4.80. The van der Waals surface area contributed by atoms with Crippen molar-refractivity contribution in [2.75, 3.05) is 13.6 Å². The number of amides is 1. The molecule has 0 bridgehead atoms. The van der Waals surface area contributed by atoms with Crippen LogP contribution in [0.1, 0.15) is 10.5 Å². The number of alkyl halides is 3. The van der Waals surface area contributed by atoms with Gasteiger partial charge in [0.1, 0.15) is 12.2 Å². The number of primary sulfonamides is 1. The highest BCUT2D eigenvalue weighted by atomic mass is 32.2. The molecule has 10 heteroatoms. The molecule has 3 N–H and O–H groups in total. The Bertz CT molecular complexity index is 549. The molecule has 0 spiro atoms. The summed E-state index contributed by atoms with van der Waals surface area (Å²) < 4.78 is 58.0. The molecule has 1 aromatic heterocycles. The molecule has 1 aromatic rings. The largest absolute Gasteiger partial charge is 0.406 e. The molecule has 0 radical (unpaired) electrons. The van der Waals surface area contributed by atoms with E-state index in [9.17, 15) is 26.4 Å². The van der Waals surface area contributed by atoms with Gasteiger partial charge in [-0.15, -0.1) is 0 Å². The second-order valence-corrected chi connectivity index (χ2v) is 5.13. The van der Waals surface area contributed by atoms with E-state index in [1.807, 2.05) is 0 Å². The third kappa shape index (κ3) is 3.74. The number of nitrogens with two attached hydrogens (primary N) is 1. The SMILES string of the molecule is CN(CC(F)(F)F)C(=O)c1cc(S(N)(=O)=O)c[nH]1. The Hall–Kier alpha value is -1.55. The highest BCUT2D eigenvalue weighted by molar-refractivity contribution is 7.89. The molecule has 0 aromatic carbocycles. The van der Waals surface area contributed by atoms with Crippen LogP contribution < -0.4 is 5.14 Å². The number of hydrogen-bond acceptors (Lipinski definition) is 3. The number of aromatic amines is 1. The van der Waals surface area contributed by atoms with Crippen LogP contribution in [0.3, 0.4) is 0 Å². The fourth-order valence-corrected chi connectivity index (χ4v) is 1.71. The number of hydrogen-bond donors (Lipinski definition) is 2.